The van der Waals surface area contributed by atoms with E-state index in [0.29, 0.717) is 18.8 Å². The number of anilines is 1. The van der Waals surface area contributed by atoms with Crippen LogP contribution in [0.15, 0.2) is 18.3 Å². The predicted octanol–water partition coefficient (Wildman–Crippen LogP) is 0.722. The number of aromatic nitrogens is 1. The summed E-state index contributed by atoms with van der Waals surface area (Å²) in [6, 6.07) is 5.52. The van der Waals surface area contributed by atoms with Crippen molar-refractivity contribution in [3.05, 3.63) is 24.0 Å². The van der Waals surface area contributed by atoms with Gasteiger partial charge >= 0.3 is 5.97 Å². The minimum atomic E-state index is -0.273. The fourth-order valence-corrected chi connectivity index (χ4v) is 1.99. The Hall–Kier alpha value is -2.13. The van der Waals surface area contributed by atoms with E-state index in [4.69, 9.17) is 10.00 Å². The largest absolute Gasteiger partial charge is 0.469 e. The summed E-state index contributed by atoms with van der Waals surface area (Å²) in [6.07, 6.45) is 1.74. The second kappa shape index (κ2) is 6.16. The third-order valence-electron chi connectivity index (χ3n) is 2.99. The number of hydrogen-bond acceptors (Lipinski definition) is 6. The van der Waals surface area contributed by atoms with E-state index in [1.54, 1.807) is 12.3 Å². The second-order valence-corrected chi connectivity index (χ2v) is 4.23. The average molecular weight is 261 g/mol. The lowest BCUT2D eigenvalue weighted by molar-refractivity contribution is -0.144. The molecule has 1 unspecified atom stereocenters. The highest BCUT2D eigenvalue weighted by molar-refractivity contribution is 5.70. The van der Waals surface area contributed by atoms with Gasteiger partial charge in [-0.25, -0.2) is 4.98 Å². The highest BCUT2D eigenvalue weighted by Gasteiger charge is 2.23. The first-order chi connectivity index (χ1) is 9.22. The Morgan fingerprint density at radius 3 is 3.16 bits per heavy atom. The molecule has 0 N–H and O–H groups in total. The minimum Gasteiger partial charge on any atom is -0.469 e. The molecule has 1 fully saturated rings. The smallest absolute Gasteiger partial charge is 0.308 e. The maximum atomic E-state index is 11.2. The Morgan fingerprint density at radius 1 is 1.68 bits per heavy atom. The summed E-state index contributed by atoms with van der Waals surface area (Å²) in [5.74, 6) is -0.273. The van der Waals surface area contributed by atoms with Crippen molar-refractivity contribution in [3.8, 4) is 6.07 Å². The molecule has 0 amide bonds. The molecule has 0 saturated carbocycles. The van der Waals surface area contributed by atoms with E-state index in [1.165, 1.54) is 7.11 Å². The molecule has 2 heterocycles. The molecule has 1 saturated heterocycles. The first-order valence-electron chi connectivity index (χ1n) is 6.02. The van der Waals surface area contributed by atoms with E-state index in [-0.39, 0.29) is 18.5 Å². The number of rotatable bonds is 3. The monoisotopic (exact) mass is 261 g/mol. The molecule has 1 aliphatic rings. The van der Waals surface area contributed by atoms with Crippen LogP contribution in [0.1, 0.15) is 12.1 Å². The summed E-state index contributed by atoms with van der Waals surface area (Å²) >= 11 is 0. The summed E-state index contributed by atoms with van der Waals surface area (Å²) < 4.78 is 10.2. The topological polar surface area (TPSA) is 75.5 Å². The fraction of sp³-hybridized carbons (Fsp3) is 0.462. The van der Waals surface area contributed by atoms with Crippen LogP contribution in [0.25, 0.3) is 0 Å². The van der Waals surface area contributed by atoms with Crippen molar-refractivity contribution in [1.29, 1.82) is 5.26 Å². The molecular weight excluding hydrogens is 246 g/mol. The lowest BCUT2D eigenvalue weighted by atomic mass is 10.2. The zero-order valence-electron chi connectivity index (χ0n) is 10.7. The van der Waals surface area contributed by atoms with Gasteiger partial charge in [0.15, 0.2) is 0 Å². The molecular formula is C13H15N3O3. The first-order valence-corrected chi connectivity index (χ1v) is 6.02. The summed E-state index contributed by atoms with van der Waals surface area (Å²) in [5, 5.41) is 8.71. The van der Waals surface area contributed by atoms with Crippen molar-refractivity contribution in [2.45, 2.75) is 12.5 Å². The summed E-state index contributed by atoms with van der Waals surface area (Å²) in [5.41, 5.74) is 1.32. The van der Waals surface area contributed by atoms with Crippen molar-refractivity contribution in [2.75, 3.05) is 31.7 Å². The number of ether oxygens (including phenoxy) is 2. The average Bonchev–Trinajstić information content (AvgIpc) is 2.47. The summed E-state index contributed by atoms with van der Waals surface area (Å²) in [6.45, 7) is 1.91. The number of nitriles is 1. The number of carbonyl (C=O) groups is 1. The van der Waals surface area contributed by atoms with Crippen LogP contribution in [0.3, 0.4) is 0 Å². The van der Waals surface area contributed by atoms with Crippen LogP contribution in [0, 0.1) is 11.3 Å². The van der Waals surface area contributed by atoms with Crippen molar-refractivity contribution in [1.82, 2.24) is 4.98 Å². The summed E-state index contributed by atoms with van der Waals surface area (Å²) in [7, 11) is 1.37. The molecule has 0 spiro atoms. The normalized spacial score (nSPS) is 18.7. The van der Waals surface area contributed by atoms with E-state index in [2.05, 4.69) is 14.6 Å². The molecule has 0 bridgehead atoms. The minimum absolute atomic E-state index is 0.170. The van der Waals surface area contributed by atoms with E-state index < -0.39 is 0 Å². The highest BCUT2D eigenvalue weighted by atomic mass is 16.5. The van der Waals surface area contributed by atoms with E-state index >= 15 is 0 Å². The molecule has 0 aromatic carbocycles. The van der Waals surface area contributed by atoms with E-state index in [1.807, 2.05) is 12.1 Å². The van der Waals surface area contributed by atoms with Gasteiger partial charge in [0.05, 0.1) is 38.1 Å². The molecule has 1 aliphatic heterocycles. The van der Waals surface area contributed by atoms with Crippen molar-refractivity contribution in [3.63, 3.8) is 0 Å². The SMILES string of the molecule is COC(=O)CC1CN(c2ccc(C#N)nc2)CCO1. The Kier molecular flexibility index (Phi) is 4.31. The van der Waals surface area contributed by atoms with Gasteiger partial charge in [-0.2, -0.15) is 5.26 Å². The van der Waals surface area contributed by atoms with Crippen molar-refractivity contribution < 1.29 is 14.3 Å². The molecule has 6 nitrogen and oxygen atoms in total. The van der Waals surface area contributed by atoms with E-state index in [9.17, 15) is 4.79 Å². The van der Waals surface area contributed by atoms with Gasteiger partial charge in [0.25, 0.3) is 0 Å². The predicted molar refractivity (Wildman–Crippen MR) is 67.5 cm³/mol. The molecule has 1 atom stereocenters. The zero-order chi connectivity index (χ0) is 13.7. The van der Waals surface area contributed by atoms with Crippen molar-refractivity contribution >= 4 is 11.7 Å². The molecule has 0 radical (unpaired) electrons. The Morgan fingerprint density at radius 2 is 2.53 bits per heavy atom. The lowest BCUT2D eigenvalue weighted by Gasteiger charge is -2.33. The first kappa shape index (κ1) is 13.3. The number of hydrogen-bond donors (Lipinski definition) is 0. The Bertz CT molecular complexity index is 481. The molecule has 1 aromatic rings. The summed E-state index contributed by atoms with van der Waals surface area (Å²) in [4.78, 5) is 17.4. The number of nitrogens with zero attached hydrogens (tertiary/aromatic N) is 3. The number of esters is 1. The van der Waals surface area contributed by atoms with Gasteiger partial charge < -0.3 is 14.4 Å². The fourth-order valence-electron chi connectivity index (χ4n) is 1.99. The zero-order valence-corrected chi connectivity index (χ0v) is 10.7. The molecule has 6 heteroatoms. The van der Waals surface area contributed by atoms with Crippen LogP contribution in [0.4, 0.5) is 5.69 Å². The van der Waals surface area contributed by atoms with Crippen LogP contribution < -0.4 is 4.90 Å². The van der Waals surface area contributed by atoms with Gasteiger partial charge in [-0.05, 0) is 12.1 Å². The molecule has 100 valence electrons. The van der Waals surface area contributed by atoms with Crippen molar-refractivity contribution in [2.24, 2.45) is 0 Å². The number of morpholine rings is 1. The lowest BCUT2D eigenvalue weighted by Crippen LogP contribution is -2.43. The molecule has 1 aromatic heterocycles. The maximum absolute atomic E-state index is 11.2. The van der Waals surface area contributed by atoms with Gasteiger partial charge in [-0.3, -0.25) is 4.79 Å². The number of methoxy groups -OCH3 is 1. The van der Waals surface area contributed by atoms with Gasteiger partial charge in [0.1, 0.15) is 11.8 Å². The van der Waals surface area contributed by atoms with Crippen LogP contribution >= 0.6 is 0 Å². The van der Waals surface area contributed by atoms with Gasteiger partial charge in [-0.1, -0.05) is 0 Å². The Balaban J connectivity index is 2.00. The van der Waals surface area contributed by atoms with Crippen LogP contribution in [-0.2, 0) is 14.3 Å². The second-order valence-electron chi connectivity index (χ2n) is 4.23. The molecule has 19 heavy (non-hydrogen) atoms. The number of pyridine rings is 1. The highest BCUT2D eigenvalue weighted by Crippen LogP contribution is 2.18. The van der Waals surface area contributed by atoms with Gasteiger partial charge in [0, 0.05) is 13.1 Å². The molecule has 2 rings (SSSR count). The van der Waals surface area contributed by atoms with Crippen LogP contribution in [0.5, 0.6) is 0 Å². The Labute approximate surface area is 111 Å². The van der Waals surface area contributed by atoms with E-state index in [0.717, 1.165) is 12.2 Å². The maximum Gasteiger partial charge on any atom is 0.308 e. The van der Waals surface area contributed by atoms with Crippen LogP contribution in [-0.4, -0.2) is 43.9 Å². The quantitative estimate of drug-likeness (QED) is 0.746. The number of carbonyl (C=O) groups excluding carboxylic acids is 1. The van der Waals surface area contributed by atoms with Gasteiger partial charge in [0.2, 0.25) is 0 Å². The third-order valence-corrected chi connectivity index (χ3v) is 2.99. The standard InChI is InChI=1S/C13H15N3O3/c1-18-13(17)6-12-9-16(4-5-19-12)11-3-2-10(7-14)15-8-11/h2-3,8,12H,4-6,9H2,1H3. The van der Waals surface area contributed by atoms with Gasteiger partial charge in [-0.15, -0.1) is 0 Å². The molecule has 0 aliphatic carbocycles. The third kappa shape index (κ3) is 3.42. The van der Waals surface area contributed by atoms with Crippen LogP contribution in [0.2, 0.25) is 0 Å².